The van der Waals surface area contributed by atoms with Gasteiger partial charge in [0.15, 0.2) is 0 Å². The molecule has 1 aliphatic heterocycles. The molecule has 1 fully saturated rings. The van der Waals surface area contributed by atoms with E-state index in [9.17, 15) is 14.7 Å². The predicted molar refractivity (Wildman–Crippen MR) is 121 cm³/mol. The third kappa shape index (κ3) is 3.71. The molecule has 0 radical (unpaired) electrons. The number of benzene rings is 2. The molecule has 2 heterocycles. The number of aromatic nitrogens is 1. The van der Waals surface area contributed by atoms with Crippen LogP contribution in [0.3, 0.4) is 0 Å². The number of hydrogen-bond donors (Lipinski definition) is 1. The highest BCUT2D eigenvalue weighted by atomic mass is 35.5. The molecule has 0 saturated carbocycles. The van der Waals surface area contributed by atoms with E-state index in [0.717, 1.165) is 11.1 Å². The molecule has 3 aromatic rings. The van der Waals surface area contributed by atoms with E-state index in [-0.39, 0.29) is 21.9 Å². The van der Waals surface area contributed by atoms with E-state index in [1.807, 2.05) is 32.0 Å². The number of ketones is 1. The highest BCUT2D eigenvalue weighted by Gasteiger charge is 2.48. The van der Waals surface area contributed by atoms with Crippen LogP contribution in [0.15, 0.2) is 66.4 Å². The van der Waals surface area contributed by atoms with Crippen LogP contribution >= 0.6 is 23.2 Å². The van der Waals surface area contributed by atoms with Gasteiger partial charge in [-0.2, -0.15) is 0 Å². The molecule has 2 aromatic carbocycles. The number of rotatable bonds is 3. The van der Waals surface area contributed by atoms with E-state index < -0.39 is 17.7 Å². The third-order valence-corrected chi connectivity index (χ3v) is 5.97. The maximum absolute atomic E-state index is 13.2. The monoisotopic (exact) mass is 452 g/mol. The number of anilines is 1. The fraction of sp³-hybridized carbons (Fsp3) is 0.125. The molecule has 0 bridgehead atoms. The van der Waals surface area contributed by atoms with Gasteiger partial charge < -0.3 is 5.11 Å². The summed E-state index contributed by atoms with van der Waals surface area (Å²) in [6.45, 7) is 3.77. The molecular weight excluding hydrogens is 435 g/mol. The van der Waals surface area contributed by atoms with Crippen LogP contribution < -0.4 is 4.90 Å². The Morgan fingerprint density at radius 1 is 1.00 bits per heavy atom. The minimum atomic E-state index is -0.892. The Hall–Kier alpha value is -3.15. The van der Waals surface area contributed by atoms with Crippen molar-refractivity contribution in [2.24, 2.45) is 0 Å². The van der Waals surface area contributed by atoms with E-state index in [0.29, 0.717) is 16.4 Å². The largest absolute Gasteiger partial charge is 0.507 e. The van der Waals surface area contributed by atoms with Crippen molar-refractivity contribution >= 4 is 46.3 Å². The topological polar surface area (TPSA) is 70.5 Å². The van der Waals surface area contributed by atoms with Crippen LogP contribution in [0.2, 0.25) is 10.0 Å². The van der Waals surface area contributed by atoms with E-state index in [1.165, 1.54) is 17.0 Å². The van der Waals surface area contributed by atoms with E-state index in [2.05, 4.69) is 4.98 Å². The van der Waals surface area contributed by atoms with Crippen LogP contribution in [-0.2, 0) is 9.59 Å². The van der Waals surface area contributed by atoms with Crippen molar-refractivity contribution in [3.8, 4) is 0 Å². The maximum Gasteiger partial charge on any atom is 0.300 e. The van der Waals surface area contributed by atoms with Crippen molar-refractivity contribution < 1.29 is 14.7 Å². The molecule has 1 unspecified atom stereocenters. The number of hydrogen-bond acceptors (Lipinski definition) is 4. The Balaban J connectivity index is 1.98. The summed E-state index contributed by atoms with van der Waals surface area (Å²) in [7, 11) is 0. The molecule has 4 rings (SSSR count). The van der Waals surface area contributed by atoms with Gasteiger partial charge in [0, 0.05) is 17.4 Å². The van der Waals surface area contributed by atoms with E-state index >= 15 is 0 Å². The van der Waals surface area contributed by atoms with Crippen molar-refractivity contribution in [2.45, 2.75) is 19.9 Å². The highest BCUT2D eigenvalue weighted by molar-refractivity contribution is 6.52. The number of carbonyl (C=O) groups excluding carboxylic acids is 2. The Labute approximate surface area is 189 Å². The molecule has 1 atom stereocenters. The highest BCUT2D eigenvalue weighted by Crippen LogP contribution is 2.43. The Morgan fingerprint density at radius 3 is 2.45 bits per heavy atom. The number of pyridine rings is 1. The predicted octanol–water partition coefficient (Wildman–Crippen LogP) is 5.63. The third-order valence-electron chi connectivity index (χ3n) is 5.23. The summed E-state index contributed by atoms with van der Waals surface area (Å²) in [6.07, 6.45) is 1.58. The number of amides is 1. The number of aliphatic hydroxyl groups is 1. The lowest BCUT2D eigenvalue weighted by atomic mass is 9.98. The Morgan fingerprint density at radius 2 is 1.77 bits per heavy atom. The van der Waals surface area contributed by atoms with Gasteiger partial charge in [0.2, 0.25) is 0 Å². The van der Waals surface area contributed by atoms with Crippen LogP contribution in [0.1, 0.15) is 28.4 Å². The summed E-state index contributed by atoms with van der Waals surface area (Å²) in [5.41, 5.74) is 3.04. The number of Topliss-reactive ketones (excluding diaryl/α,β-unsaturated/α-hetero) is 1. The van der Waals surface area contributed by atoms with Crippen LogP contribution in [0.4, 0.5) is 5.69 Å². The normalized spacial score (nSPS) is 17.9. The molecule has 1 amide bonds. The van der Waals surface area contributed by atoms with Crippen molar-refractivity contribution in [1.29, 1.82) is 0 Å². The summed E-state index contributed by atoms with van der Waals surface area (Å²) in [5.74, 6) is -1.86. The molecule has 7 heteroatoms. The molecule has 1 aliphatic rings. The van der Waals surface area contributed by atoms with Gasteiger partial charge >= 0.3 is 0 Å². The van der Waals surface area contributed by atoms with Crippen molar-refractivity contribution in [1.82, 2.24) is 4.98 Å². The van der Waals surface area contributed by atoms with Gasteiger partial charge in [0.25, 0.3) is 11.7 Å². The van der Waals surface area contributed by atoms with Gasteiger partial charge in [0.05, 0.1) is 21.3 Å². The van der Waals surface area contributed by atoms with Gasteiger partial charge in [-0.05, 0) is 61.4 Å². The van der Waals surface area contributed by atoms with Crippen LogP contribution in [0, 0.1) is 13.8 Å². The second-order valence-corrected chi connectivity index (χ2v) is 8.16. The van der Waals surface area contributed by atoms with E-state index in [4.69, 9.17) is 23.2 Å². The number of aliphatic hydroxyl groups excluding tert-OH is 1. The second kappa shape index (κ2) is 8.17. The van der Waals surface area contributed by atoms with Crippen LogP contribution in [0.25, 0.3) is 5.76 Å². The first-order valence-corrected chi connectivity index (χ1v) is 10.3. The zero-order valence-electron chi connectivity index (χ0n) is 16.8. The molecule has 1 aromatic heterocycles. The number of aryl methyl sites for hydroxylation is 2. The zero-order chi connectivity index (χ0) is 22.3. The maximum atomic E-state index is 13.2. The molecular formula is C24H18Cl2N2O3. The first-order valence-electron chi connectivity index (χ1n) is 9.54. The standard InChI is InChI=1S/C24H18Cl2N2O3/c1-13-6-7-14(2)19(11-13)28-21(18-5-3-4-10-27-18)20(23(30)24(28)31)22(29)15-8-9-16(25)17(26)12-15/h3-12,21,29H,1-2H3/b22-20-. The summed E-state index contributed by atoms with van der Waals surface area (Å²) in [4.78, 5) is 32.1. The average Bonchev–Trinajstić information content (AvgIpc) is 3.02. The molecule has 31 heavy (non-hydrogen) atoms. The Kier molecular flexibility index (Phi) is 5.56. The first-order chi connectivity index (χ1) is 14.8. The average molecular weight is 453 g/mol. The summed E-state index contributed by atoms with van der Waals surface area (Å²) in [5, 5.41) is 11.6. The lowest BCUT2D eigenvalue weighted by Gasteiger charge is -2.26. The summed E-state index contributed by atoms with van der Waals surface area (Å²) in [6, 6.07) is 14.5. The summed E-state index contributed by atoms with van der Waals surface area (Å²) >= 11 is 12.1. The number of halogens is 2. The molecule has 1 N–H and O–H groups in total. The van der Waals surface area contributed by atoms with Gasteiger partial charge in [-0.3, -0.25) is 19.5 Å². The van der Waals surface area contributed by atoms with Gasteiger partial charge in [0.1, 0.15) is 11.8 Å². The molecule has 1 saturated heterocycles. The van der Waals surface area contributed by atoms with Crippen LogP contribution in [-0.4, -0.2) is 21.8 Å². The van der Waals surface area contributed by atoms with E-state index in [1.54, 1.807) is 30.5 Å². The van der Waals surface area contributed by atoms with Gasteiger partial charge in [-0.25, -0.2) is 0 Å². The lowest BCUT2D eigenvalue weighted by molar-refractivity contribution is -0.132. The van der Waals surface area contributed by atoms with Crippen molar-refractivity contribution in [3.05, 3.63) is 98.8 Å². The summed E-state index contributed by atoms with van der Waals surface area (Å²) < 4.78 is 0. The molecule has 156 valence electrons. The van der Waals surface area contributed by atoms with Gasteiger partial charge in [-0.15, -0.1) is 0 Å². The smallest absolute Gasteiger partial charge is 0.300 e. The first kappa shape index (κ1) is 21.1. The second-order valence-electron chi connectivity index (χ2n) is 7.34. The molecule has 0 aliphatic carbocycles. The lowest BCUT2D eigenvalue weighted by Crippen LogP contribution is -2.30. The minimum Gasteiger partial charge on any atom is -0.507 e. The van der Waals surface area contributed by atoms with Gasteiger partial charge in [-0.1, -0.05) is 41.4 Å². The van der Waals surface area contributed by atoms with Crippen molar-refractivity contribution in [3.63, 3.8) is 0 Å². The SMILES string of the molecule is Cc1ccc(C)c(N2C(=O)C(=O)/C(=C(\O)c3ccc(Cl)c(Cl)c3)C2c2ccccn2)c1. The fourth-order valence-corrected chi connectivity index (χ4v) is 3.97. The quantitative estimate of drug-likeness (QED) is 0.317. The Bertz CT molecular complexity index is 1240. The van der Waals surface area contributed by atoms with Crippen LogP contribution in [0.5, 0.6) is 0 Å². The number of nitrogens with zero attached hydrogens (tertiary/aromatic N) is 2. The fourth-order valence-electron chi connectivity index (χ4n) is 3.68. The minimum absolute atomic E-state index is 0.0528. The number of carbonyl (C=O) groups is 2. The molecule has 5 nitrogen and oxygen atoms in total. The zero-order valence-corrected chi connectivity index (χ0v) is 18.3. The molecule has 0 spiro atoms. The van der Waals surface area contributed by atoms with Crippen molar-refractivity contribution in [2.75, 3.05) is 4.90 Å².